The Morgan fingerprint density at radius 1 is 1.44 bits per heavy atom. The Morgan fingerprint density at radius 2 is 2.11 bits per heavy atom. The summed E-state index contributed by atoms with van der Waals surface area (Å²) >= 11 is 5.83. The number of rotatable bonds is 4. The van der Waals surface area contributed by atoms with Gasteiger partial charge in [-0.15, -0.1) is 0 Å². The number of benzene rings is 1. The molecule has 0 heterocycles. The van der Waals surface area contributed by atoms with Crippen LogP contribution in [-0.2, 0) is 4.79 Å². The van der Waals surface area contributed by atoms with Gasteiger partial charge in [-0.3, -0.25) is 4.79 Å². The van der Waals surface area contributed by atoms with E-state index >= 15 is 0 Å². The Kier molecular flexibility index (Phi) is 4.79. The monoisotopic (exact) mass is 272 g/mol. The first-order valence-electron chi connectivity index (χ1n) is 5.08. The number of methoxy groups -OCH3 is 1. The molecule has 1 rings (SSSR count). The van der Waals surface area contributed by atoms with Crippen molar-refractivity contribution in [3.05, 3.63) is 23.2 Å². The molecule has 0 aliphatic rings. The average molecular weight is 273 g/mol. The van der Waals surface area contributed by atoms with E-state index in [-0.39, 0.29) is 0 Å². The van der Waals surface area contributed by atoms with Gasteiger partial charge in [-0.1, -0.05) is 11.6 Å². The van der Waals surface area contributed by atoms with Crippen LogP contribution in [0, 0.1) is 0 Å². The molecule has 1 atom stereocenters. The van der Waals surface area contributed by atoms with E-state index in [1.165, 1.54) is 20.1 Å². The third-order valence-electron chi connectivity index (χ3n) is 2.13. The number of anilines is 1. The van der Waals surface area contributed by atoms with Crippen molar-refractivity contribution < 1.29 is 19.4 Å². The number of urea groups is 1. The van der Waals surface area contributed by atoms with Crippen molar-refractivity contribution in [1.82, 2.24) is 5.32 Å². The topological polar surface area (TPSA) is 87.7 Å². The van der Waals surface area contributed by atoms with Gasteiger partial charge in [0.1, 0.15) is 11.8 Å². The average Bonchev–Trinajstić information content (AvgIpc) is 2.31. The molecule has 0 fully saturated rings. The Hall–Kier alpha value is -1.95. The summed E-state index contributed by atoms with van der Waals surface area (Å²) < 4.78 is 4.99. The minimum Gasteiger partial charge on any atom is -0.495 e. The predicted molar refractivity (Wildman–Crippen MR) is 67.3 cm³/mol. The van der Waals surface area contributed by atoms with Crippen LogP contribution < -0.4 is 15.4 Å². The molecule has 0 unspecified atom stereocenters. The number of aliphatic carboxylic acids is 1. The lowest BCUT2D eigenvalue weighted by Crippen LogP contribution is -2.40. The zero-order chi connectivity index (χ0) is 13.7. The van der Waals surface area contributed by atoms with E-state index in [1.807, 2.05) is 0 Å². The summed E-state index contributed by atoms with van der Waals surface area (Å²) in [6.07, 6.45) is 0. The number of halogens is 1. The number of carboxylic acids is 1. The molecule has 18 heavy (non-hydrogen) atoms. The van der Waals surface area contributed by atoms with Gasteiger partial charge in [0.05, 0.1) is 12.1 Å². The van der Waals surface area contributed by atoms with Gasteiger partial charge < -0.3 is 20.5 Å². The molecule has 2 amide bonds. The van der Waals surface area contributed by atoms with Crippen molar-refractivity contribution >= 4 is 29.3 Å². The van der Waals surface area contributed by atoms with Gasteiger partial charge in [0, 0.05) is 11.8 Å². The highest BCUT2D eigenvalue weighted by Crippen LogP contribution is 2.27. The molecule has 0 aliphatic heterocycles. The third-order valence-corrected chi connectivity index (χ3v) is 2.44. The Bertz CT molecular complexity index is 464. The number of carbonyl (C=O) groups excluding carboxylic acids is 1. The molecule has 1 aromatic carbocycles. The summed E-state index contributed by atoms with van der Waals surface area (Å²) in [5.74, 6) is -0.695. The maximum Gasteiger partial charge on any atom is 0.325 e. The van der Waals surface area contributed by atoms with Crippen LogP contribution in [0.2, 0.25) is 5.02 Å². The molecule has 3 N–H and O–H groups in total. The second kappa shape index (κ2) is 6.11. The van der Waals surface area contributed by atoms with Crippen LogP contribution in [0.25, 0.3) is 0 Å². The largest absolute Gasteiger partial charge is 0.495 e. The lowest BCUT2D eigenvalue weighted by atomic mass is 10.3. The fraction of sp³-hybridized carbons (Fsp3) is 0.273. The van der Waals surface area contributed by atoms with Crippen LogP contribution in [0.15, 0.2) is 18.2 Å². The van der Waals surface area contributed by atoms with Crippen LogP contribution >= 0.6 is 11.6 Å². The molecule has 0 saturated carbocycles. The summed E-state index contributed by atoms with van der Waals surface area (Å²) in [5, 5.41) is 13.8. The summed E-state index contributed by atoms with van der Waals surface area (Å²) in [4.78, 5) is 22.0. The van der Waals surface area contributed by atoms with Crippen LogP contribution in [0.1, 0.15) is 6.92 Å². The minimum atomic E-state index is -1.11. The van der Waals surface area contributed by atoms with Crippen LogP contribution in [0.3, 0.4) is 0 Å². The minimum absolute atomic E-state index is 0.417. The molecule has 0 saturated heterocycles. The molecule has 0 spiro atoms. The zero-order valence-corrected chi connectivity index (χ0v) is 10.6. The van der Waals surface area contributed by atoms with E-state index in [0.717, 1.165) is 0 Å². The van der Waals surface area contributed by atoms with Crippen molar-refractivity contribution in [1.29, 1.82) is 0 Å². The Balaban J connectivity index is 2.67. The van der Waals surface area contributed by atoms with E-state index in [4.69, 9.17) is 21.4 Å². The second-order valence-electron chi connectivity index (χ2n) is 3.51. The quantitative estimate of drug-likeness (QED) is 0.782. The molecule has 98 valence electrons. The maximum absolute atomic E-state index is 11.5. The maximum atomic E-state index is 11.5. The van der Waals surface area contributed by atoms with Gasteiger partial charge in [0.2, 0.25) is 0 Å². The lowest BCUT2D eigenvalue weighted by molar-refractivity contribution is -0.138. The van der Waals surface area contributed by atoms with Crippen molar-refractivity contribution in [3.8, 4) is 5.75 Å². The first-order chi connectivity index (χ1) is 8.43. The smallest absolute Gasteiger partial charge is 0.325 e. The van der Waals surface area contributed by atoms with Gasteiger partial charge in [0.25, 0.3) is 0 Å². The van der Waals surface area contributed by atoms with Crippen molar-refractivity contribution in [3.63, 3.8) is 0 Å². The summed E-state index contributed by atoms with van der Waals surface area (Å²) in [5.41, 5.74) is 0.450. The molecule has 0 radical (unpaired) electrons. The molecule has 7 heteroatoms. The number of amides is 2. The number of hydrogen-bond acceptors (Lipinski definition) is 3. The fourth-order valence-corrected chi connectivity index (χ4v) is 1.36. The van der Waals surface area contributed by atoms with Crippen LogP contribution in [-0.4, -0.2) is 30.3 Å². The SMILES string of the molecule is COc1cc(NC(=O)N[C@@H](C)C(=O)O)ccc1Cl. The highest BCUT2D eigenvalue weighted by molar-refractivity contribution is 6.32. The predicted octanol–water partition coefficient (Wildman–Crippen LogP) is 1.94. The van der Waals surface area contributed by atoms with Gasteiger partial charge in [-0.2, -0.15) is 0 Å². The molecular formula is C11H13ClN2O4. The Labute approximate surface area is 109 Å². The molecule has 0 aromatic heterocycles. The van der Waals surface area contributed by atoms with Gasteiger partial charge in [0.15, 0.2) is 0 Å². The summed E-state index contributed by atoms with van der Waals surface area (Å²) in [6.45, 7) is 1.37. The normalized spacial score (nSPS) is 11.5. The fourth-order valence-electron chi connectivity index (χ4n) is 1.16. The number of hydrogen-bond donors (Lipinski definition) is 3. The number of ether oxygens (including phenoxy) is 1. The van der Waals surface area contributed by atoms with Gasteiger partial charge >= 0.3 is 12.0 Å². The summed E-state index contributed by atoms with van der Waals surface area (Å²) in [6, 6.07) is 3.09. The van der Waals surface area contributed by atoms with E-state index in [1.54, 1.807) is 12.1 Å². The highest BCUT2D eigenvalue weighted by Gasteiger charge is 2.14. The standard InChI is InChI=1S/C11H13ClN2O4/c1-6(10(15)16)13-11(17)14-7-3-4-8(12)9(5-7)18-2/h3-6H,1-2H3,(H,15,16)(H2,13,14,17)/t6-/m0/s1. The first kappa shape index (κ1) is 14.1. The second-order valence-corrected chi connectivity index (χ2v) is 3.91. The molecule has 0 bridgehead atoms. The van der Waals surface area contributed by atoms with E-state index in [0.29, 0.717) is 16.5 Å². The number of carboxylic acid groups (broad SMARTS) is 1. The third kappa shape index (κ3) is 3.81. The van der Waals surface area contributed by atoms with Crippen LogP contribution in [0.4, 0.5) is 10.5 Å². The molecule has 1 aromatic rings. The summed E-state index contributed by atoms with van der Waals surface area (Å²) in [7, 11) is 1.46. The molecular weight excluding hydrogens is 260 g/mol. The van der Waals surface area contributed by atoms with E-state index in [9.17, 15) is 9.59 Å². The van der Waals surface area contributed by atoms with Crippen molar-refractivity contribution in [2.75, 3.05) is 12.4 Å². The zero-order valence-electron chi connectivity index (χ0n) is 9.86. The van der Waals surface area contributed by atoms with Gasteiger partial charge in [-0.05, 0) is 19.1 Å². The highest BCUT2D eigenvalue weighted by atomic mass is 35.5. The van der Waals surface area contributed by atoms with Crippen LogP contribution in [0.5, 0.6) is 5.75 Å². The van der Waals surface area contributed by atoms with E-state index < -0.39 is 18.0 Å². The molecule has 6 nitrogen and oxygen atoms in total. The van der Waals surface area contributed by atoms with Gasteiger partial charge in [-0.25, -0.2) is 4.79 Å². The number of nitrogens with one attached hydrogen (secondary N) is 2. The van der Waals surface area contributed by atoms with Crippen molar-refractivity contribution in [2.45, 2.75) is 13.0 Å². The molecule has 0 aliphatic carbocycles. The number of carbonyl (C=O) groups is 2. The first-order valence-corrected chi connectivity index (χ1v) is 5.45. The van der Waals surface area contributed by atoms with E-state index in [2.05, 4.69) is 10.6 Å². The van der Waals surface area contributed by atoms with Crippen molar-refractivity contribution in [2.24, 2.45) is 0 Å². The Morgan fingerprint density at radius 3 is 2.67 bits per heavy atom. The lowest BCUT2D eigenvalue weighted by Gasteiger charge is -2.11.